The molecule has 0 aliphatic heterocycles. The summed E-state index contributed by atoms with van der Waals surface area (Å²) in [5.74, 6) is 2.00. The topological polar surface area (TPSA) is 12.0 Å². The Morgan fingerprint density at radius 2 is 1.61 bits per heavy atom. The van der Waals surface area contributed by atoms with Gasteiger partial charge in [0.1, 0.15) is 0 Å². The van der Waals surface area contributed by atoms with Crippen LogP contribution in [0.5, 0.6) is 0 Å². The molecular formula is C17H33N. The van der Waals surface area contributed by atoms with Crippen LogP contribution >= 0.6 is 0 Å². The van der Waals surface area contributed by atoms with E-state index in [0.29, 0.717) is 0 Å². The lowest BCUT2D eigenvalue weighted by Crippen LogP contribution is -2.43. The van der Waals surface area contributed by atoms with E-state index < -0.39 is 0 Å². The van der Waals surface area contributed by atoms with Crippen molar-refractivity contribution in [2.75, 3.05) is 0 Å². The third-order valence-corrected chi connectivity index (χ3v) is 5.40. The van der Waals surface area contributed by atoms with E-state index in [1.54, 1.807) is 0 Å². The van der Waals surface area contributed by atoms with E-state index >= 15 is 0 Å². The van der Waals surface area contributed by atoms with Crippen LogP contribution < -0.4 is 5.32 Å². The van der Waals surface area contributed by atoms with Crippen LogP contribution in [0.1, 0.15) is 84.5 Å². The van der Waals surface area contributed by atoms with Crippen LogP contribution in [-0.4, -0.2) is 12.1 Å². The quantitative estimate of drug-likeness (QED) is 0.732. The second-order valence-corrected chi connectivity index (χ2v) is 6.86. The van der Waals surface area contributed by atoms with Crippen LogP contribution in [0.2, 0.25) is 0 Å². The van der Waals surface area contributed by atoms with Crippen molar-refractivity contribution < 1.29 is 0 Å². The zero-order valence-corrected chi connectivity index (χ0v) is 12.6. The van der Waals surface area contributed by atoms with E-state index in [9.17, 15) is 0 Å². The molecule has 2 rings (SSSR count). The summed E-state index contributed by atoms with van der Waals surface area (Å²) in [5.41, 5.74) is 0. The molecule has 2 saturated carbocycles. The molecule has 1 atom stereocenters. The molecule has 0 spiro atoms. The van der Waals surface area contributed by atoms with E-state index in [1.807, 2.05) is 0 Å². The van der Waals surface area contributed by atoms with Gasteiger partial charge in [-0.2, -0.15) is 0 Å². The maximum atomic E-state index is 3.95. The summed E-state index contributed by atoms with van der Waals surface area (Å²) in [6.45, 7) is 4.77. The normalized spacial score (nSPS) is 32.3. The van der Waals surface area contributed by atoms with Gasteiger partial charge >= 0.3 is 0 Å². The summed E-state index contributed by atoms with van der Waals surface area (Å²) in [7, 11) is 0. The molecule has 2 aliphatic carbocycles. The summed E-state index contributed by atoms with van der Waals surface area (Å²) >= 11 is 0. The van der Waals surface area contributed by atoms with Crippen LogP contribution in [0.25, 0.3) is 0 Å². The van der Waals surface area contributed by atoms with Crippen molar-refractivity contribution in [1.82, 2.24) is 5.32 Å². The average molecular weight is 251 g/mol. The molecule has 1 N–H and O–H groups in total. The van der Waals surface area contributed by atoms with Crippen LogP contribution in [0, 0.1) is 11.8 Å². The second kappa shape index (κ2) is 7.53. The molecule has 18 heavy (non-hydrogen) atoms. The van der Waals surface area contributed by atoms with E-state index in [-0.39, 0.29) is 0 Å². The van der Waals surface area contributed by atoms with Crippen molar-refractivity contribution in [2.45, 2.75) is 96.6 Å². The van der Waals surface area contributed by atoms with E-state index in [0.717, 1.165) is 23.9 Å². The molecule has 0 aromatic heterocycles. The number of rotatable bonds is 5. The summed E-state index contributed by atoms with van der Waals surface area (Å²) < 4.78 is 0. The van der Waals surface area contributed by atoms with Gasteiger partial charge in [-0.05, 0) is 57.3 Å². The number of hydrogen-bond donors (Lipinski definition) is 1. The summed E-state index contributed by atoms with van der Waals surface area (Å²) in [4.78, 5) is 0. The fourth-order valence-electron chi connectivity index (χ4n) is 4.17. The zero-order valence-electron chi connectivity index (χ0n) is 12.6. The zero-order chi connectivity index (χ0) is 12.8. The molecule has 2 fully saturated rings. The summed E-state index contributed by atoms with van der Waals surface area (Å²) in [6.07, 6.45) is 16.0. The molecule has 2 aliphatic rings. The number of hydrogen-bond acceptors (Lipinski definition) is 1. The monoisotopic (exact) mass is 251 g/mol. The molecule has 0 saturated heterocycles. The lowest BCUT2D eigenvalue weighted by atomic mass is 9.81. The predicted molar refractivity (Wildman–Crippen MR) is 79.8 cm³/mol. The van der Waals surface area contributed by atoms with E-state index in [4.69, 9.17) is 0 Å². The third kappa shape index (κ3) is 4.26. The first-order chi connectivity index (χ1) is 8.79. The molecule has 1 heteroatoms. The molecule has 0 bridgehead atoms. The van der Waals surface area contributed by atoms with Crippen molar-refractivity contribution in [2.24, 2.45) is 11.8 Å². The first kappa shape index (κ1) is 14.4. The highest BCUT2D eigenvalue weighted by Gasteiger charge is 2.25. The SMILES string of the molecule is CCCC1CCC(NC(C)C2CCCCC2)CC1. The fourth-order valence-corrected chi connectivity index (χ4v) is 4.17. The smallest absolute Gasteiger partial charge is 0.00698 e. The van der Waals surface area contributed by atoms with Crippen molar-refractivity contribution in [3.05, 3.63) is 0 Å². The third-order valence-electron chi connectivity index (χ3n) is 5.40. The highest BCUT2D eigenvalue weighted by molar-refractivity contribution is 4.83. The second-order valence-electron chi connectivity index (χ2n) is 6.86. The highest BCUT2D eigenvalue weighted by Crippen LogP contribution is 2.30. The maximum Gasteiger partial charge on any atom is 0.00698 e. The van der Waals surface area contributed by atoms with Crippen molar-refractivity contribution in [3.8, 4) is 0 Å². The van der Waals surface area contributed by atoms with Crippen LogP contribution in [0.3, 0.4) is 0 Å². The molecule has 1 nitrogen and oxygen atoms in total. The molecule has 0 radical (unpaired) electrons. The van der Waals surface area contributed by atoms with Gasteiger partial charge in [-0.3, -0.25) is 0 Å². The Kier molecular flexibility index (Phi) is 6.01. The molecule has 106 valence electrons. The molecule has 1 unspecified atom stereocenters. The Morgan fingerprint density at radius 1 is 0.944 bits per heavy atom. The van der Waals surface area contributed by atoms with Crippen LogP contribution in [0.15, 0.2) is 0 Å². The Morgan fingerprint density at radius 3 is 2.22 bits per heavy atom. The lowest BCUT2D eigenvalue weighted by Gasteiger charge is -2.35. The van der Waals surface area contributed by atoms with Gasteiger partial charge in [-0.25, -0.2) is 0 Å². The average Bonchev–Trinajstić information content (AvgIpc) is 2.42. The molecule has 0 aromatic rings. The van der Waals surface area contributed by atoms with Gasteiger partial charge in [-0.15, -0.1) is 0 Å². The minimum atomic E-state index is 0.762. The summed E-state index contributed by atoms with van der Waals surface area (Å²) in [5, 5.41) is 3.95. The first-order valence-electron chi connectivity index (χ1n) is 8.55. The Balaban J connectivity index is 1.67. The van der Waals surface area contributed by atoms with Crippen LogP contribution in [-0.2, 0) is 0 Å². The highest BCUT2D eigenvalue weighted by atomic mass is 15.0. The predicted octanol–water partition coefficient (Wildman–Crippen LogP) is 4.90. The molecule has 0 heterocycles. The lowest BCUT2D eigenvalue weighted by molar-refractivity contribution is 0.219. The summed E-state index contributed by atoms with van der Waals surface area (Å²) in [6, 6.07) is 1.59. The fraction of sp³-hybridized carbons (Fsp3) is 1.00. The van der Waals surface area contributed by atoms with Crippen LogP contribution in [0.4, 0.5) is 0 Å². The Hall–Kier alpha value is -0.0400. The van der Waals surface area contributed by atoms with Gasteiger partial charge in [0, 0.05) is 12.1 Å². The van der Waals surface area contributed by atoms with Crippen molar-refractivity contribution in [1.29, 1.82) is 0 Å². The van der Waals surface area contributed by atoms with Gasteiger partial charge in [0.25, 0.3) is 0 Å². The molecule has 0 amide bonds. The van der Waals surface area contributed by atoms with Gasteiger partial charge in [0.2, 0.25) is 0 Å². The van der Waals surface area contributed by atoms with Gasteiger partial charge < -0.3 is 5.32 Å². The van der Waals surface area contributed by atoms with E-state index in [2.05, 4.69) is 19.2 Å². The minimum Gasteiger partial charge on any atom is -0.311 e. The molecule has 0 aromatic carbocycles. The maximum absolute atomic E-state index is 3.95. The van der Waals surface area contributed by atoms with Gasteiger partial charge in [0.15, 0.2) is 0 Å². The van der Waals surface area contributed by atoms with Gasteiger partial charge in [-0.1, -0.05) is 39.0 Å². The van der Waals surface area contributed by atoms with Gasteiger partial charge in [0.05, 0.1) is 0 Å². The van der Waals surface area contributed by atoms with Crippen molar-refractivity contribution >= 4 is 0 Å². The van der Waals surface area contributed by atoms with E-state index in [1.165, 1.54) is 70.6 Å². The number of nitrogens with one attached hydrogen (secondary N) is 1. The Bertz CT molecular complexity index is 212. The largest absolute Gasteiger partial charge is 0.311 e. The minimum absolute atomic E-state index is 0.762. The first-order valence-corrected chi connectivity index (χ1v) is 8.55. The van der Waals surface area contributed by atoms with Crippen molar-refractivity contribution in [3.63, 3.8) is 0 Å². The Labute approximate surface area is 114 Å². The molecular weight excluding hydrogens is 218 g/mol. The standard InChI is InChI=1S/C17H33N/c1-3-7-15-10-12-17(13-11-15)18-14(2)16-8-5-4-6-9-16/h14-18H,3-13H2,1-2H3.